The Labute approximate surface area is 103 Å². The van der Waals surface area contributed by atoms with Gasteiger partial charge in [0.05, 0.1) is 5.92 Å². The molecular weight excluding hydrogens is 212 g/mol. The molecule has 1 aliphatic carbocycles. The largest absolute Gasteiger partial charge is 0.481 e. The number of hydrogen-bond donors (Lipinski definition) is 1. The number of aliphatic carboxylic acids is 1. The molecule has 1 fully saturated rings. The first-order valence-electron chi connectivity index (χ1n) is 6.28. The summed E-state index contributed by atoms with van der Waals surface area (Å²) in [5.74, 6) is 0.143. The zero-order chi connectivity index (χ0) is 12.6. The van der Waals surface area contributed by atoms with Crippen LogP contribution in [-0.2, 0) is 11.2 Å². The Kier molecular flexibility index (Phi) is 3.23. The maximum absolute atomic E-state index is 10.8. The molecule has 0 heterocycles. The lowest BCUT2D eigenvalue weighted by molar-refractivity contribution is -0.139. The van der Waals surface area contributed by atoms with Gasteiger partial charge in [-0.3, -0.25) is 4.79 Å². The molecule has 0 saturated heterocycles. The van der Waals surface area contributed by atoms with Gasteiger partial charge in [-0.05, 0) is 49.7 Å². The zero-order valence-corrected chi connectivity index (χ0v) is 10.7. The van der Waals surface area contributed by atoms with Crippen LogP contribution in [0.3, 0.4) is 0 Å². The van der Waals surface area contributed by atoms with Crippen LogP contribution in [0.4, 0.5) is 0 Å². The third kappa shape index (κ3) is 2.68. The fraction of sp³-hybridized carbons (Fsp3) is 0.533. The number of benzene rings is 1. The van der Waals surface area contributed by atoms with E-state index in [1.54, 1.807) is 0 Å². The summed E-state index contributed by atoms with van der Waals surface area (Å²) in [6.07, 6.45) is 1.86. The molecule has 0 aromatic heterocycles. The third-order valence-corrected chi connectivity index (χ3v) is 3.93. The number of carboxylic acid groups (broad SMARTS) is 1. The first kappa shape index (κ1) is 12.2. The van der Waals surface area contributed by atoms with Gasteiger partial charge < -0.3 is 5.11 Å². The minimum atomic E-state index is -0.623. The van der Waals surface area contributed by atoms with Crippen molar-refractivity contribution in [1.82, 2.24) is 0 Å². The average Bonchev–Trinajstić information content (AvgIpc) is 3.01. The van der Waals surface area contributed by atoms with Crippen molar-refractivity contribution in [2.75, 3.05) is 0 Å². The van der Waals surface area contributed by atoms with E-state index in [4.69, 9.17) is 5.11 Å². The van der Waals surface area contributed by atoms with Crippen LogP contribution in [0.5, 0.6) is 0 Å². The third-order valence-electron chi connectivity index (χ3n) is 3.93. The first-order chi connectivity index (χ1) is 7.99. The van der Waals surface area contributed by atoms with Crippen LogP contribution < -0.4 is 0 Å². The van der Waals surface area contributed by atoms with Crippen molar-refractivity contribution in [3.05, 3.63) is 34.9 Å². The zero-order valence-electron chi connectivity index (χ0n) is 10.7. The second-order valence-corrected chi connectivity index (χ2v) is 5.46. The lowest BCUT2D eigenvalue weighted by atomic mass is 9.92. The average molecular weight is 232 g/mol. The van der Waals surface area contributed by atoms with E-state index in [0.717, 1.165) is 12.8 Å². The van der Waals surface area contributed by atoms with Crippen molar-refractivity contribution in [2.45, 2.75) is 33.6 Å². The summed E-state index contributed by atoms with van der Waals surface area (Å²) in [5, 5.41) is 8.93. The Morgan fingerprint density at radius 3 is 2.71 bits per heavy atom. The van der Waals surface area contributed by atoms with Crippen LogP contribution in [0.15, 0.2) is 18.2 Å². The normalized spacial score (nSPS) is 24.4. The fourth-order valence-corrected chi connectivity index (χ4v) is 2.70. The van der Waals surface area contributed by atoms with E-state index in [1.165, 1.54) is 16.7 Å². The molecule has 0 spiro atoms. The smallest absolute Gasteiger partial charge is 0.306 e. The molecule has 2 nitrogen and oxygen atoms in total. The highest BCUT2D eigenvalue weighted by Gasteiger charge is 2.46. The van der Waals surface area contributed by atoms with Gasteiger partial charge in [0.1, 0.15) is 0 Å². The maximum atomic E-state index is 10.8. The highest BCUT2D eigenvalue weighted by atomic mass is 16.4. The lowest BCUT2D eigenvalue weighted by Gasteiger charge is -2.13. The standard InChI is InChI=1S/C15H20O2/c1-9-4-5-12(10(2)6-9)7-11(3)13-8-14(13)15(16)17/h4-6,11,13-14H,7-8H2,1-3H3,(H,16,17). The van der Waals surface area contributed by atoms with Crippen molar-refractivity contribution in [2.24, 2.45) is 17.8 Å². The van der Waals surface area contributed by atoms with E-state index in [0.29, 0.717) is 11.8 Å². The summed E-state index contributed by atoms with van der Waals surface area (Å²) in [6.45, 7) is 6.41. The predicted molar refractivity (Wildman–Crippen MR) is 68.0 cm³/mol. The van der Waals surface area contributed by atoms with Crippen molar-refractivity contribution in [1.29, 1.82) is 0 Å². The summed E-state index contributed by atoms with van der Waals surface area (Å²) in [6, 6.07) is 6.51. The first-order valence-corrected chi connectivity index (χ1v) is 6.28. The molecule has 3 atom stereocenters. The molecule has 0 bridgehead atoms. The Bertz CT molecular complexity index is 437. The van der Waals surface area contributed by atoms with Gasteiger partial charge in [-0.25, -0.2) is 0 Å². The van der Waals surface area contributed by atoms with E-state index in [1.807, 2.05) is 0 Å². The molecule has 1 N–H and O–H groups in total. The molecule has 3 unspecified atom stereocenters. The van der Waals surface area contributed by atoms with Crippen LogP contribution in [0, 0.1) is 31.6 Å². The maximum Gasteiger partial charge on any atom is 0.306 e. The Morgan fingerprint density at radius 1 is 1.47 bits per heavy atom. The van der Waals surface area contributed by atoms with E-state index in [2.05, 4.69) is 39.0 Å². The fourth-order valence-electron chi connectivity index (χ4n) is 2.70. The summed E-state index contributed by atoms with van der Waals surface area (Å²) in [7, 11) is 0. The molecule has 1 saturated carbocycles. The Balaban J connectivity index is 1.99. The molecule has 0 aliphatic heterocycles. The highest BCUT2D eigenvalue weighted by Crippen LogP contribution is 2.45. The molecule has 0 amide bonds. The van der Waals surface area contributed by atoms with Crippen LogP contribution in [0.25, 0.3) is 0 Å². The minimum absolute atomic E-state index is 0.0873. The number of hydrogen-bond acceptors (Lipinski definition) is 1. The van der Waals surface area contributed by atoms with Gasteiger partial charge in [-0.15, -0.1) is 0 Å². The molecule has 2 heteroatoms. The van der Waals surface area contributed by atoms with Gasteiger partial charge >= 0.3 is 5.97 Å². The number of carboxylic acids is 1. The van der Waals surface area contributed by atoms with E-state index >= 15 is 0 Å². The second kappa shape index (κ2) is 4.52. The van der Waals surface area contributed by atoms with Gasteiger partial charge in [-0.2, -0.15) is 0 Å². The molecule has 1 aromatic carbocycles. The van der Waals surface area contributed by atoms with Crippen molar-refractivity contribution < 1.29 is 9.90 Å². The minimum Gasteiger partial charge on any atom is -0.481 e. The van der Waals surface area contributed by atoms with Crippen molar-refractivity contribution in [3.8, 4) is 0 Å². The van der Waals surface area contributed by atoms with Gasteiger partial charge in [-0.1, -0.05) is 30.7 Å². The summed E-state index contributed by atoms with van der Waals surface area (Å²) in [4.78, 5) is 10.8. The summed E-state index contributed by atoms with van der Waals surface area (Å²) < 4.78 is 0. The second-order valence-electron chi connectivity index (χ2n) is 5.46. The molecule has 1 aromatic rings. The SMILES string of the molecule is Cc1ccc(CC(C)C2CC2C(=O)O)c(C)c1. The quantitative estimate of drug-likeness (QED) is 0.865. The van der Waals surface area contributed by atoms with E-state index < -0.39 is 5.97 Å². The number of aryl methyl sites for hydroxylation is 2. The number of carbonyl (C=O) groups is 1. The van der Waals surface area contributed by atoms with Crippen LogP contribution in [-0.4, -0.2) is 11.1 Å². The van der Waals surface area contributed by atoms with E-state index in [9.17, 15) is 4.79 Å². The van der Waals surface area contributed by atoms with Crippen molar-refractivity contribution in [3.63, 3.8) is 0 Å². The van der Waals surface area contributed by atoms with Crippen LogP contribution in [0.2, 0.25) is 0 Å². The van der Waals surface area contributed by atoms with Gasteiger partial charge in [0.2, 0.25) is 0 Å². The van der Waals surface area contributed by atoms with Gasteiger partial charge in [0, 0.05) is 0 Å². The Hall–Kier alpha value is -1.31. The lowest BCUT2D eigenvalue weighted by Crippen LogP contribution is -2.09. The Morgan fingerprint density at radius 2 is 2.18 bits per heavy atom. The topological polar surface area (TPSA) is 37.3 Å². The molecule has 17 heavy (non-hydrogen) atoms. The van der Waals surface area contributed by atoms with Gasteiger partial charge in [0.25, 0.3) is 0 Å². The summed E-state index contributed by atoms with van der Waals surface area (Å²) >= 11 is 0. The van der Waals surface area contributed by atoms with Crippen LogP contribution >= 0.6 is 0 Å². The summed E-state index contributed by atoms with van der Waals surface area (Å²) in [5.41, 5.74) is 3.97. The predicted octanol–water partition coefficient (Wildman–Crippen LogP) is 3.20. The molecule has 2 rings (SSSR count). The molecule has 92 valence electrons. The van der Waals surface area contributed by atoms with Gasteiger partial charge in [0.15, 0.2) is 0 Å². The molecular formula is C15H20O2. The van der Waals surface area contributed by atoms with E-state index in [-0.39, 0.29) is 5.92 Å². The molecule has 1 aliphatic rings. The number of rotatable bonds is 4. The highest BCUT2D eigenvalue weighted by molar-refractivity contribution is 5.73. The van der Waals surface area contributed by atoms with Crippen molar-refractivity contribution >= 4 is 5.97 Å². The molecule has 0 radical (unpaired) electrons. The van der Waals surface area contributed by atoms with Crippen LogP contribution in [0.1, 0.15) is 30.0 Å². The monoisotopic (exact) mass is 232 g/mol.